The van der Waals surface area contributed by atoms with Gasteiger partial charge in [0.05, 0.1) is 10.0 Å². The van der Waals surface area contributed by atoms with Gasteiger partial charge in [-0.05, 0) is 18.6 Å². The van der Waals surface area contributed by atoms with E-state index in [0.29, 0.717) is 6.54 Å². The van der Waals surface area contributed by atoms with Gasteiger partial charge in [0, 0.05) is 13.6 Å². The number of hydrogen-bond donors (Lipinski definition) is 0. The third-order valence-electron chi connectivity index (χ3n) is 2.41. The fourth-order valence-corrected chi connectivity index (χ4v) is 3.68. The largest absolute Gasteiger partial charge is 0.245 e. The number of nitrogens with zero attached hydrogens (tertiary/aromatic N) is 1. The zero-order valence-electron chi connectivity index (χ0n) is 9.78. The minimum Gasteiger partial charge on any atom is -0.207 e. The van der Waals surface area contributed by atoms with Crippen molar-refractivity contribution in [3.05, 3.63) is 28.2 Å². The molecule has 0 N–H and O–H groups in total. The van der Waals surface area contributed by atoms with Crippen LogP contribution in [0.5, 0.6) is 0 Å². The molecule has 0 saturated carbocycles. The van der Waals surface area contributed by atoms with Crippen LogP contribution in [0, 0.1) is 0 Å². The van der Waals surface area contributed by atoms with Crippen molar-refractivity contribution in [3.63, 3.8) is 0 Å². The molecule has 0 aliphatic carbocycles. The lowest BCUT2D eigenvalue weighted by Crippen LogP contribution is -2.28. The van der Waals surface area contributed by atoms with Crippen molar-refractivity contribution in [3.8, 4) is 0 Å². The lowest BCUT2D eigenvalue weighted by Gasteiger charge is -2.18. The average Bonchev–Trinajstić information content (AvgIpc) is 2.25. The van der Waals surface area contributed by atoms with E-state index in [9.17, 15) is 8.42 Å². The highest BCUT2D eigenvalue weighted by atomic mass is 35.5. The lowest BCUT2D eigenvalue weighted by atomic mass is 10.3. The molecule has 0 bridgehead atoms. The molecule has 0 saturated heterocycles. The van der Waals surface area contributed by atoms with Crippen LogP contribution >= 0.6 is 23.2 Å². The van der Waals surface area contributed by atoms with Gasteiger partial charge in [0.2, 0.25) is 10.0 Å². The van der Waals surface area contributed by atoms with Crippen molar-refractivity contribution in [2.75, 3.05) is 13.6 Å². The van der Waals surface area contributed by atoms with Crippen LogP contribution in [0.25, 0.3) is 0 Å². The third-order valence-corrected chi connectivity index (χ3v) is 5.23. The molecular formula is C11H15Cl2NO2S. The Morgan fingerprint density at radius 2 is 1.76 bits per heavy atom. The molecule has 0 aromatic heterocycles. The molecule has 0 aliphatic rings. The maximum atomic E-state index is 12.2. The van der Waals surface area contributed by atoms with Crippen molar-refractivity contribution in [1.29, 1.82) is 0 Å². The summed E-state index contributed by atoms with van der Waals surface area (Å²) in [6.45, 7) is 2.46. The quantitative estimate of drug-likeness (QED) is 0.835. The van der Waals surface area contributed by atoms with Gasteiger partial charge >= 0.3 is 0 Å². The van der Waals surface area contributed by atoms with Gasteiger partial charge in [0.25, 0.3) is 0 Å². The second-order valence-electron chi connectivity index (χ2n) is 3.73. The maximum Gasteiger partial charge on any atom is 0.245 e. The summed E-state index contributed by atoms with van der Waals surface area (Å²) in [4.78, 5) is -0.0121. The predicted molar refractivity (Wildman–Crippen MR) is 71.2 cm³/mol. The summed E-state index contributed by atoms with van der Waals surface area (Å²) in [5.41, 5.74) is 0. The van der Waals surface area contributed by atoms with Crippen molar-refractivity contribution in [1.82, 2.24) is 4.31 Å². The summed E-state index contributed by atoms with van der Waals surface area (Å²) in [5.74, 6) is 0. The van der Waals surface area contributed by atoms with E-state index in [-0.39, 0.29) is 14.9 Å². The fraction of sp³-hybridized carbons (Fsp3) is 0.455. The number of halogens is 2. The van der Waals surface area contributed by atoms with Gasteiger partial charge in [-0.2, -0.15) is 0 Å². The predicted octanol–water partition coefficient (Wildman–Crippen LogP) is 3.41. The van der Waals surface area contributed by atoms with E-state index in [1.54, 1.807) is 6.07 Å². The Hall–Kier alpha value is -0.290. The number of sulfonamides is 1. The van der Waals surface area contributed by atoms with Crippen LogP contribution in [0.1, 0.15) is 19.8 Å². The fourth-order valence-electron chi connectivity index (χ4n) is 1.39. The van der Waals surface area contributed by atoms with Crippen LogP contribution in [0.15, 0.2) is 23.1 Å². The zero-order valence-corrected chi connectivity index (χ0v) is 12.1. The molecule has 0 unspecified atom stereocenters. The second-order valence-corrected chi connectivity index (χ2v) is 6.53. The van der Waals surface area contributed by atoms with Gasteiger partial charge < -0.3 is 0 Å². The minimum absolute atomic E-state index is 0.0121. The van der Waals surface area contributed by atoms with Gasteiger partial charge in [0.15, 0.2) is 0 Å². The SMILES string of the molecule is CCCCN(C)S(=O)(=O)c1c(Cl)cccc1Cl. The first-order valence-electron chi connectivity index (χ1n) is 5.31. The van der Waals surface area contributed by atoms with E-state index in [1.807, 2.05) is 6.92 Å². The van der Waals surface area contributed by atoms with Crippen LogP contribution in [0.4, 0.5) is 0 Å². The lowest BCUT2D eigenvalue weighted by molar-refractivity contribution is 0.459. The van der Waals surface area contributed by atoms with Crippen LogP contribution in [0.2, 0.25) is 10.0 Å². The van der Waals surface area contributed by atoms with E-state index in [0.717, 1.165) is 12.8 Å². The van der Waals surface area contributed by atoms with Gasteiger partial charge in [-0.25, -0.2) is 12.7 Å². The molecule has 0 radical (unpaired) electrons. The van der Waals surface area contributed by atoms with Crippen LogP contribution in [-0.4, -0.2) is 26.3 Å². The Morgan fingerprint density at radius 3 is 2.24 bits per heavy atom. The van der Waals surface area contributed by atoms with Crippen LogP contribution in [-0.2, 0) is 10.0 Å². The highest BCUT2D eigenvalue weighted by molar-refractivity contribution is 7.89. The molecule has 0 spiro atoms. The molecule has 0 heterocycles. The third kappa shape index (κ3) is 3.35. The van der Waals surface area contributed by atoms with Gasteiger partial charge in [-0.15, -0.1) is 0 Å². The van der Waals surface area contributed by atoms with E-state index in [4.69, 9.17) is 23.2 Å². The smallest absolute Gasteiger partial charge is 0.207 e. The van der Waals surface area contributed by atoms with E-state index in [1.165, 1.54) is 23.5 Å². The summed E-state index contributed by atoms with van der Waals surface area (Å²) in [6.07, 6.45) is 1.73. The molecule has 0 amide bonds. The molecule has 6 heteroatoms. The van der Waals surface area contributed by atoms with E-state index >= 15 is 0 Å². The first kappa shape index (κ1) is 14.8. The summed E-state index contributed by atoms with van der Waals surface area (Å²) in [7, 11) is -2.07. The highest BCUT2D eigenvalue weighted by Crippen LogP contribution is 2.30. The number of unbranched alkanes of at least 4 members (excludes halogenated alkanes) is 1. The number of rotatable bonds is 5. The van der Waals surface area contributed by atoms with E-state index in [2.05, 4.69) is 0 Å². The average molecular weight is 296 g/mol. The molecular weight excluding hydrogens is 281 g/mol. The van der Waals surface area contributed by atoms with Gasteiger partial charge in [0.1, 0.15) is 4.90 Å². The molecule has 96 valence electrons. The Labute approximate surface area is 112 Å². The molecule has 3 nitrogen and oxygen atoms in total. The first-order valence-corrected chi connectivity index (χ1v) is 7.51. The van der Waals surface area contributed by atoms with Crippen molar-refractivity contribution < 1.29 is 8.42 Å². The summed E-state index contributed by atoms with van der Waals surface area (Å²) in [6, 6.07) is 4.66. The molecule has 0 atom stereocenters. The molecule has 1 aromatic rings. The number of hydrogen-bond acceptors (Lipinski definition) is 2. The Kier molecular flexibility index (Phi) is 5.25. The normalized spacial score (nSPS) is 12.1. The van der Waals surface area contributed by atoms with Gasteiger partial charge in [-0.1, -0.05) is 42.6 Å². The molecule has 0 fully saturated rings. The topological polar surface area (TPSA) is 37.4 Å². The van der Waals surface area contributed by atoms with Crippen molar-refractivity contribution >= 4 is 33.2 Å². The Bertz CT molecular complexity index is 468. The standard InChI is InChI=1S/C11H15Cl2NO2S/c1-3-4-8-14(2)17(15,16)11-9(12)6-5-7-10(11)13/h5-7H,3-4,8H2,1-2H3. The molecule has 1 rings (SSSR count). The zero-order chi connectivity index (χ0) is 13.1. The Morgan fingerprint density at radius 1 is 1.24 bits per heavy atom. The summed E-state index contributed by atoms with van der Waals surface area (Å²) in [5, 5.41) is 0.307. The summed E-state index contributed by atoms with van der Waals surface area (Å²) >= 11 is 11.8. The van der Waals surface area contributed by atoms with Crippen LogP contribution < -0.4 is 0 Å². The number of benzene rings is 1. The molecule has 17 heavy (non-hydrogen) atoms. The Balaban J connectivity index is 3.13. The van der Waals surface area contributed by atoms with Gasteiger partial charge in [-0.3, -0.25) is 0 Å². The monoisotopic (exact) mass is 295 g/mol. The molecule has 0 aliphatic heterocycles. The maximum absolute atomic E-state index is 12.2. The molecule has 1 aromatic carbocycles. The van der Waals surface area contributed by atoms with Crippen molar-refractivity contribution in [2.45, 2.75) is 24.7 Å². The minimum atomic E-state index is -3.60. The second kappa shape index (κ2) is 6.05. The van der Waals surface area contributed by atoms with Crippen LogP contribution in [0.3, 0.4) is 0 Å². The highest BCUT2D eigenvalue weighted by Gasteiger charge is 2.25. The summed E-state index contributed by atoms with van der Waals surface area (Å²) < 4.78 is 25.8. The first-order chi connectivity index (χ1) is 7.91. The van der Waals surface area contributed by atoms with E-state index < -0.39 is 10.0 Å². The van der Waals surface area contributed by atoms with Crippen molar-refractivity contribution in [2.24, 2.45) is 0 Å².